The predicted molar refractivity (Wildman–Crippen MR) is 128 cm³/mol. The minimum absolute atomic E-state index is 0.0134. The molecule has 0 aliphatic heterocycles. The topological polar surface area (TPSA) is 94.2 Å². The summed E-state index contributed by atoms with van der Waals surface area (Å²) in [6.07, 6.45) is 0. The van der Waals surface area contributed by atoms with Gasteiger partial charge in [-0.05, 0) is 35.4 Å². The van der Waals surface area contributed by atoms with Crippen molar-refractivity contribution in [3.63, 3.8) is 0 Å². The van der Waals surface area contributed by atoms with Crippen LogP contribution in [0.15, 0.2) is 77.7 Å². The van der Waals surface area contributed by atoms with Crippen LogP contribution < -0.4 is 19.5 Å². The van der Waals surface area contributed by atoms with Crippen molar-refractivity contribution >= 4 is 15.9 Å². The molecule has 0 saturated heterocycles. The van der Waals surface area contributed by atoms with E-state index in [1.807, 2.05) is 30.3 Å². The van der Waals surface area contributed by atoms with Crippen molar-refractivity contribution in [3.05, 3.63) is 83.9 Å². The van der Waals surface area contributed by atoms with Crippen LogP contribution in [0.1, 0.15) is 11.1 Å². The van der Waals surface area contributed by atoms with Crippen molar-refractivity contribution in [2.24, 2.45) is 0 Å². The molecule has 1 N–H and O–H groups in total. The second kappa shape index (κ2) is 11.5. The highest BCUT2D eigenvalue weighted by atomic mass is 32.2. The van der Waals surface area contributed by atoms with E-state index < -0.39 is 15.9 Å². The maximum Gasteiger partial charge on any atom is 0.247 e. The summed E-state index contributed by atoms with van der Waals surface area (Å²) in [4.78, 5) is 12.7. The zero-order chi connectivity index (χ0) is 24.6. The van der Waals surface area contributed by atoms with E-state index in [-0.39, 0.29) is 30.3 Å². The molecule has 0 aliphatic carbocycles. The third-order valence-electron chi connectivity index (χ3n) is 5.16. The molecule has 0 saturated carbocycles. The smallest absolute Gasteiger partial charge is 0.247 e. The highest BCUT2D eigenvalue weighted by molar-refractivity contribution is 7.89. The molecule has 0 radical (unpaired) electrons. The molecule has 0 aromatic heterocycles. The highest BCUT2D eigenvalue weighted by Gasteiger charge is 2.30. The fraction of sp³-hybridized carbons (Fsp3) is 0.240. The zero-order valence-corrected chi connectivity index (χ0v) is 20.2. The van der Waals surface area contributed by atoms with Gasteiger partial charge in [-0.2, -0.15) is 4.31 Å². The third kappa shape index (κ3) is 6.27. The molecule has 1 amide bonds. The molecule has 0 atom stereocenters. The van der Waals surface area contributed by atoms with Crippen LogP contribution in [0.5, 0.6) is 17.2 Å². The van der Waals surface area contributed by atoms with Crippen molar-refractivity contribution in [2.45, 2.75) is 18.0 Å². The Bertz CT molecular complexity index is 1200. The number of methoxy groups -OCH3 is 3. The number of carbonyl (C=O) groups excluding carboxylic acids is 1. The van der Waals surface area contributed by atoms with Gasteiger partial charge in [-0.15, -0.1) is 0 Å². The summed E-state index contributed by atoms with van der Waals surface area (Å²) in [5.74, 6) is 0.806. The monoisotopic (exact) mass is 484 g/mol. The van der Waals surface area contributed by atoms with Crippen LogP contribution in [-0.4, -0.2) is 46.5 Å². The quantitative estimate of drug-likeness (QED) is 0.449. The Morgan fingerprint density at radius 2 is 1.47 bits per heavy atom. The van der Waals surface area contributed by atoms with Gasteiger partial charge in [0.2, 0.25) is 15.9 Å². The molecule has 8 nitrogen and oxygen atoms in total. The molecule has 0 unspecified atom stereocenters. The lowest BCUT2D eigenvalue weighted by atomic mass is 10.2. The number of carbonyl (C=O) groups is 1. The number of benzene rings is 3. The van der Waals surface area contributed by atoms with Crippen molar-refractivity contribution in [1.29, 1.82) is 0 Å². The highest BCUT2D eigenvalue weighted by Crippen LogP contribution is 2.31. The zero-order valence-electron chi connectivity index (χ0n) is 19.4. The molecule has 180 valence electrons. The van der Waals surface area contributed by atoms with Crippen LogP contribution in [0, 0.1) is 0 Å². The summed E-state index contributed by atoms with van der Waals surface area (Å²) in [5, 5.41) is 2.79. The van der Waals surface area contributed by atoms with Gasteiger partial charge in [0.1, 0.15) is 22.1 Å². The standard InChI is InChI=1S/C25H28N2O6S/c1-31-21-11-9-19(10-12-21)16-26-25(28)18-27(17-20-7-5-4-6-8-20)34(29,30)24-15-22(32-2)13-14-23(24)33-3/h4-15H,16-18H2,1-3H3,(H,26,28). The van der Waals surface area contributed by atoms with E-state index in [4.69, 9.17) is 14.2 Å². The molecular formula is C25H28N2O6S. The minimum atomic E-state index is -4.11. The van der Waals surface area contributed by atoms with Crippen molar-refractivity contribution < 1.29 is 27.4 Å². The van der Waals surface area contributed by atoms with Crippen LogP contribution in [0.2, 0.25) is 0 Å². The first-order valence-electron chi connectivity index (χ1n) is 10.5. The van der Waals surface area contributed by atoms with Gasteiger partial charge in [0.05, 0.1) is 27.9 Å². The Kier molecular flexibility index (Phi) is 8.50. The number of ether oxygens (including phenoxy) is 3. The van der Waals surface area contributed by atoms with E-state index >= 15 is 0 Å². The number of nitrogens with one attached hydrogen (secondary N) is 1. The number of rotatable bonds is 11. The van der Waals surface area contributed by atoms with Crippen LogP contribution >= 0.6 is 0 Å². The molecule has 0 fully saturated rings. The largest absolute Gasteiger partial charge is 0.497 e. The van der Waals surface area contributed by atoms with Gasteiger partial charge in [0.15, 0.2) is 0 Å². The van der Waals surface area contributed by atoms with Crippen LogP contribution in [0.3, 0.4) is 0 Å². The summed E-state index contributed by atoms with van der Waals surface area (Å²) in [7, 11) is 0.312. The first-order valence-corrected chi connectivity index (χ1v) is 12.0. The molecule has 3 aromatic carbocycles. The molecule has 3 rings (SSSR count). The molecule has 0 aliphatic rings. The number of hydrogen-bond donors (Lipinski definition) is 1. The second-order valence-corrected chi connectivity index (χ2v) is 9.31. The molecule has 3 aromatic rings. The number of amides is 1. The normalized spacial score (nSPS) is 11.2. The minimum Gasteiger partial charge on any atom is -0.497 e. The fourth-order valence-electron chi connectivity index (χ4n) is 3.30. The third-order valence-corrected chi connectivity index (χ3v) is 6.97. The summed E-state index contributed by atoms with van der Waals surface area (Å²) in [6, 6.07) is 20.9. The van der Waals surface area contributed by atoms with Crippen molar-refractivity contribution in [2.75, 3.05) is 27.9 Å². The molecule has 0 spiro atoms. The van der Waals surface area contributed by atoms with Crippen LogP contribution in [0.4, 0.5) is 0 Å². The lowest BCUT2D eigenvalue weighted by molar-refractivity contribution is -0.121. The Labute approximate surface area is 200 Å². The Hall–Kier alpha value is -3.56. The Morgan fingerprint density at radius 1 is 0.824 bits per heavy atom. The average Bonchev–Trinajstić information content (AvgIpc) is 2.87. The van der Waals surface area contributed by atoms with Gasteiger partial charge in [-0.1, -0.05) is 42.5 Å². The molecule has 9 heteroatoms. The van der Waals surface area contributed by atoms with E-state index in [1.165, 1.54) is 26.4 Å². The summed E-state index contributed by atoms with van der Waals surface area (Å²) in [5.41, 5.74) is 1.61. The average molecular weight is 485 g/mol. The number of nitrogens with zero attached hydrogens (tertiary/aromatic N) is 1. The molecule has 0 bridgehead atoms. The molecule has 0 heterocycles. The maximum absolute atomic E-state index is 13.7. The van der Waals surface area contributed by atoms with Crippen molar-refractivity contribution in [3.8, 4) is 17.2 Å². The second-order valence-electron chi connectivity index (χ2n) is 7.40. The van der Waals surface area contributed by atoms with E-state index in [0.29, 0.717) is 11.5 Å². The fourth-order valence-corrected chi connectivity index (χ4v) is 4.85. The van der Waals surface area contributed by atoms with E-state index in [9.17, 15) is 13.2 Å². The number of sulfonamides is 1. The summed E-state index contributed by atoms with van der Waals surface area (Å²) >= 11 is 0. The van der Waals surface area contributed by atoms with E-state index in [0.717, 1.165) is 15.4 Å². The molecular weight excluding hydrogens is 456 g/mol. The van der Waals surface area contributed by atoms with Gasteiger partial charge in [-0.25, -0.2) is 8.42 Å². The lowest BCUT2D eigenvalue weighted by Gasteiger charge is -2.23. The summed E-state index contributed by atoms with van der Waals surface area (Å²) in [6.45, 7) is -0.0994. The van der Waals surface area contributed by atoms with Crippen LogP contribution in [0.25, 0.3) is 0 Å². The van der Waals surface area contributed by atoms with Gasteiger partial charge in [0.25, 0.3) is 0 Å². The maximum atomic E-state index is 13.7. The van der Waals surface area contributed by atoms with Gasteiger partial charge in [0, 0.05) is 19.2 Å². The van der Waals surface area contributed by atoms with Gasteiger partial charge in [-0.3, -0.25) is 4.79 Å². The Balaban J connectivity index is 1.85. The first kappa shape index (κ1) is 25.1. The van der Waals surface area contributed by atoms with Gasteiger partial charge < -0.3 is 19.5 Å². The van der Waals surface area contributed by atoms with E-state index in [2.05, 4.69) is 5.32 Å². The van der Waals surface area contributed by atoms with Gasteiger partial charge >= 0.3 is 0 Å². The lowest BCUT2D eigenvalue weighted by Crippen LogP contribution is -2.40. The first-order chi connectivity index (χ1) is 16.4. The Morgan fingerprint density at radius 3 is 2.09 bits per heavy atom. The molecule has 34 heavy (non-hydrogen) atoms. The van der Waals surface area contributed by atoms with E-state index in [1.54, 1.807) is 37.4 Å². The van der Waals surface area contributed by atoms with Crippen LogP contribution in [-0.2, 0) is 27.9 Å². The van der Waals surface area contributed by atoms with Crippen molar-refractivity contribution in [1.82, 2.24) is 9.62 Å². The number of hydrogen-bond acceptors (Lipinski definition) is 6. The SMILES string of the molecule is COc1ccc(CNC(=O)CN(Cc2ccccc2)S(=O)(=O)c2cc(OC)ccc2OC)cc1. The summed E-state index contributed by atoms with van der Waals surface area (Å²) < 4.78 is 44.1. The predicted octanol–water partition coefficient (Wildman–Crippen LogP) is 3.22.